The Morgan fingerprint density at radius 1 is 1.44 bits per heavy atom. The van der Waals surface area contributed by atoms with Gasteiger partial charge in [0.05, 0.1) is 31.3 Å². The van der Waals surface area contributed by atoms with Crippen LogP contribution in [0.4, 0.5) is 11.6 Å². The predicted octanol–water partition coefficient (Wildman–Crippen LogP) is -0.102. The van der Waals surface area contributed by atoms with Crippen molar-refractivity contribution in [1.29, 1.82) is 0 Å². The van der Waals surface area contributed by atoms with Gasteiger partial charge in [-0.2, -0.15) is 0 Å². The van der Waals surface area contributed by atoms with Crippen molar-refractivity contribution in [3.63, 3.8) is 0 Å². The van der Waals surface area contributed by atoms with Crippen molar-refractivity contribution >= 4 is 17.5 Å². The van der Waals surface area contributed by atoms with E-state index in [1.165, 1.54) is 7.11 Å². The quantitative estimate of drug-likeness (QED) is 0.806. The summed E-state index contributed by atoms with van der Waals surface area (Å²) in [5, 5.41) is 2.64. The molecule has 2 rings (SSSR count). The van der Waals surface area contributed by atoms with E-state index in [9.17, 15) is 4.79 Å². The highest BCUT2D eigenvalue weighted by Gasteiger charge is 2.13. The first-order valence-corrected chi connectivity index (χ1v) is 5.73. The summed E-state index contributed by atoms with van der Waals surface area (Å²) in [5.74, 6) is 0.434. The summed E-state index contributed by atoms with van der Waals surface area (Å²) in [4.78, 5) is 21.8. The van der Waals surface area contributed by atoms with Crippen LogP contribution in [0.25, 0.3) is 0 Å². The molecule has 0 radical (unpaired) electrons. The van der Waals surface area contributed by atoms with Crippen molar-refractivity contribution in [3.8, 4) is 0 Å². The Hall–Kier alpha value is -1.73. The van der Waals surface area contributed by atoms with Crippen LogP contribution in [0.2, 0.25) is 0 Å². The molecule has 0 saturated carbocycles. The van der Waals surface area contributed by atoms with E-state index in [0.717, 1.165) is 13.1 Å². The molecule has 0 aromatic carbocycles. The lowest BCUT2D eigenvalue weighted by atomic mass is 10.4. The number of morpholine rings is 1. The number of nitrogens with zero attached hydrogens (tertiary/aromatic N) is 3. The van der Waals surface area contributed by atoms with Gasteiger partial charge in [0.1, 0.15) is 6.61 Å². The molecule has 18 heavy (non-hydrogen) atoms. The number of aromatic nitrogens is 2. The van der Waals surface area contributed by atoms with Gasteiger partial charge in [-0.25, -0.2) is 9.97 Å². The van der Waals surface area contributed by atoms with Gasteiger partial charge in [0.25, 0.3) is 0 Å². The van der Waals surface area contributed by atoms with Gasteiger partial charge in [0, 0.05) is 20.2 Å². The minimum Gasteiger partial charge on any atom is -0.378 e. The van der Waals surface area contributed by atoms with Crippen LogP contribution in [0, 0.1) is 0 Å². The van der Waals surface area contributed by atoms with E-state index in [1.54, 1.807) is 12.4 Å². The van der Waals surface area contributed by atoms with Gasteiger partial charge in [0.2, 0.25) is 11.9 Å². The summed E-state index contributed by atoms with van der Waals surface area (Å²) in [7, 11) is 1.47. The van der Waals surface area contributed by atoms with Crippen LogP contribution in [-0.2, 0) is 14.3 Å². The number of carbonyl (C=O) groups is 1. The number of hydrogen-bond acceptors (Lipinski definition) is 6. The average molecular weight is 252 g/mol. The van der Waals surface area contributed by atoms with Gasteiger partial charge in [-0.05, 0) is 0 Å². The summed E-state index contributed by atoms with van der Waals surface area (Å²) in [5.41, 5.74) is 0.564. The highest BCUT2D eigenvalue weighted by molar-refractivity contribution is 5.91. The third-order valence-corrected chi connectivity index (χ3v) is 2.49. The molecule has 98 valence electrons. The number of anilines is 2. The van der Waals surface area contributed by atoms with Crippen molar-refractivity contribution in [2.75, 3.05) is 50.2 Å². The number of nitrogens with one attached hydrogen (secondary N) is 1. The maximum Gasteiger partial charge on any atom is 0.250 e. The fourth-order valence-electron chi connectivity index (χ4n) is 1.64. The third kappa shape index (κ3) is 3.38. The van der Waals surface area contributed by atoms with E-state index in [4.69, 9.17) is 9.47 Å². The van der Waals surface area contributed by atoms with Crippen LogP contribution in [0.15, 0.2) is 12.4 Å². The second-order valence-electron chi connectivity index (χ2n) is 3.85. The molecule has 1 N–H and O–H groups in total. The monoisotopic (exact) mass is 252 g/mol. The summed E-state index contributed by atoms with van der Waals surface area (Å²) >= 11 is 0. The smallest absolute Gasteiger partial charge is 0.250 e. The second-order valence-corrected chi connectivity index (χ2v) is 3.85. The van der Waals surface area contributed by atoms with Gasteiger partial charge in [-0.3, -0.25) is 4.79 Å². The minimum absolute atomic E-state index is 0.0191. The SMILES string of the molecule is COCC(=O)Nc1cnc(N2CCOCC2)nc1. The van der Waals surface area contributed by atoms with E-state index >= 15 is 0 Å². The Bertz CT molecular complexity index is 390. The zero-order valence-corrected chi connectivity index (χ0v) is 10.3. The first-order chi connectivity index (χ1) is 8.79. The normalized spacial score (nSPS) is 15.5. The molecule has 1 aliphatic heterocycles. The first kappa shape index (κ1) is 12.7. The highest BCUT2D eigenvalue weighted by atomic mass is 16.5. The minimum atomic E-state index is -0.222. The van der Waals surface area contributed by atoms with E-state index in [2.05, 4.69) is 15.3 Å². The number of amides is 1. The van der Waals surface area contributed by atoms with Crippen LogP contribution >= 0.6 is 0 Å². The van der Waals surface area contributed by atoms with Crippen molar-refractivity contribution in [2.45, 2.75) is 0 Å². The van der Waals surface area contributed by atoms with Crippen LogP contribution < -0.4 is 10.2 Å². The van der Waals surface area contributed by atoms with Crippen LogP contribution in [0.1, 0.15) is 0 Å². The Balaban J connectivity index is 1.94. The second kappa shape index (κ2) is 6.27. The Morgan fingerprint density at radius 2 is 2.11 bits per heavy atom. The van der Waals surface area contributed by atoms with E-state index in [0.29, 0.717) is 24.8 Å². The van der Waals surface area contributed by atoms with E-state index in [-0.39, 0.29) is 12.5 Å². The Morgan fingerprint density at radius 3 is 2.72 bits per heavy atom. The van der Waals surface area contributed by atoms with Crippen LogP contribution in [-0.4, -0.2) is 55.9 Å². The van der Waals surface area contributed by atoms with Crippen molar-refractivity contribution in [2.24, 2.45) is 0 Å². The molecule has 0 spiro atoms. The van der Waals surface area contributed by atoms with Gasteiger partial charge in [0.15, 0.2) is 0 Å². The highest BCUT2D eigenvalue weighted by Crippen LogP contribution is 2.11. The largest absolute Gasteiger partial charge is 0.378 e. The number of hydrogen-bond donors (Lipinski definition) is 1. The standard InChI is InChI=1S/C11H16N4O3/c1-17-8-10(16)14-9-6-12-11(13-7-9)15-2-4-18-5-3-15/h6-7H,2-5,8H2,1H3,(H,14,16). The molecule has 2 heterocycles. The molecule has 0 bridgehead atoms. The predicted molar refractivity (Wildman–Crippen MR) is 65.6 cm³/mol. The maximum absolute atomic E-state index is 11.3. The maximum atomic E-state index is 11.3. The first-order valence-electron chi connectivity index (χ1n) is 5.73. The third-order valence-electron chi connectivity index (χ3n) is 2.49. The lowest BCUT2D eigenvalue weighted by Gasteiger charge is -2.26. The fourth-order valence-corrected chi connectivity index (χ4v) is 1.64. The molecule has 0 aliphatic carbocycles. The molecule has 1 saturated heterocycles. The summed E-state index contributed by atoms with van der Waals surface area (Å²) in [6, 6.07) is 0. The number of ether oxygens (including phenoxy) is 2. The summed E-state index contributed by atoms with van der Waals surface area (Å²) < 4.78 is 9.98. The fraction of sp³-hybridized carbons (Fsp3) is 0.545. The lowest BCUT2D eigenvalue weighted by molar-refractivity contribution is -0.119. The van der Waals surface area contributed by atoms with Gasteiger partial charge in [-0.1, -0.05) is 0 Å². The zero-order chi connectivity index (χ0) is 12.8. The van der Waals surface area contributed by atoms with Gasteiger partial charge >= 0.3 is 0 Å². The van der Waals surface area contributed by atoms with Crippen LogP contribution in [0.3, 0.4) is 0 Å². The Labute approximate surface area is 105 Å². The molecule has 7 nitrogen and oxygen atoms in total. The average Bonchev–Trinajstić information content (AvgIpc) is 2.41. The summed E-state index contributed by atoms with van der Waals surface area (Å²) in [6.07, 6.45) is 3.18. The van der Waals surface area contributed by atoms with Crippen molar-refractivity contribution < 1.29 is 14.3 Å². The molecular weight excluding hydrogens is 236 g/mol. The van der Waals surface area contributed by atoms with Crippen molar-refractivity contribution in [3.05, 3.63) is 12.4 Å². The lowest BCUT2D eigenvalue weighted by Crippen LogP contribution is -2.37. The molecular formula is C11H16N4O3. The van der Waals surface area contributed by atoms with E-state index in [1.807, 2.05) is 4.90 Å². The molecule has 7 heteroatoms. The molecule has 1 aliphatic rings. The molecule has 0 unspecified atom stereocenters. The molecule has 1 amide bonds. The summed E-state index contributed by atoms with van der Waals surface area (Å²) in [6.45, 7) is 2.97. The number of methoxy groups -OCH3 is 1. The van der Waals surface area contributed by atoms with Gasteiger partial charge < -0.3 is 19.7 Å². The molecule has 1 aromatic rings. The number of rotatable bonds is 4. The molecule has 1 fully saturated rings. The Kier molecular flexibility index (Phi) is 4.43. The molecule has 0 atom stereocenters. The van der Waals surface area contributed by atoms with Crippen molar-refractivity contribution in [1.82, 2.24) is 9.97 Å². The topological polar surface area (TPSA) is 76.6 Å². The molecule has 1 aromatic heterocycles. The van der Waals surface area contributed by atoms with Gasteiger partial charge in [-0.15, -0.1) is 0 Å². The zero-order valence-electron chi connectivity index (χ0n) is 10.3. The number of carbonyl (C=O) groups excluding carboxylic acids is 1. The van der Waals surface area contributed by atoms with E-state index < -0.39 is 0 Å². The van der Waals surface area contributed by atoms with Crippen LogP contribution in [0.5, 0.6) is 0 Å².